The van der Waals surface area contributed by atoms with Gasteiger partial charge in [0.2, 0.25) is 0 Å². The molecule has 2 amide bonds. The molecule has 0 aromatic heterocycles. The average Bonchev–Trinajstić information content (AvgIpc) is 2.45. The monoisotopic (exact) mass is 290 g/mol. The van der Waals surface area contributed by atoms with Crippen LogP contribution >= 0.6 is 0 Å². The summed E-state index contributed by atoms with van der Waals surface area (Å²) in [5, 5.41) is 12.1. The van der Waals surface area contributed by atoms with Crippen molar-refractivity contribution < 1.29 is 14.7 Å². The van der Waals surface area contributed by atoms with E-state index in [9.17, 15) is 14.7 Å². The molecule has 0 fully saturated rings. The van der Waals surface area contributed by atoms with Gasteiger partial charge in [-0.2, -0.15) is 0 Å². The standard InChI is InChI=1S/C16H22N2O3/c1-11(2)7-8-17-16(21)18-10-13(15(19)20)9-12-5-3-4-6-14(12)18/h3-6,11,13H,7-10H2,1-2H3,(H,17,21)(H,19,20). The highest BCUT2D eigenvalue weighted by Gasteiger charge is 2.31. The molecule has 1 aliphatic heterocycles. The lowest BCUT2D eigenvalue weighted by atomic mass is 9.93. The van der Waals surface area contributed by atoms with Gasteiger partial charge < -0.3 is 10.4 Å². The zero-order valence-corrected chi connectivity index (χ0v) is 12.5. The van der Waals surface area contributed by atoms with Crippen LogP contribution in [0.15, 0.2) is 24.3 Å². The minimum atomic E-state index is -0.857. The SMILES string of the molecule is CC(C)CCNC(=O)N1CC(C(=O)O)Cc2ccccc21. The van der Waals surface area contributed by atoms with Gasteiger partial charge in [0, 0.05) is 18.8 Å². The van der Waals surface area contributed by atoms with Crippen molar-refractivity contribution in [2.24, 2.45) is 11.8 Å². The summed E-state index contributed by atoms with van der Waals surface area (Å²) in [6, 6.07) is 7.29. The van der Waals surface area contributed by atoms with Crippen LogP contribution in [0.4, 0.5) is 10.5 Å². The number of benzene rings is 1. The number of nitrogens with zero attached hydrogens (tertiary/aromatic N) is 1. The molecule has 1 aliphatic rings. The summed E-state index contributed by atoms with van der Waals surface area (Å²) in [5.74, 6) is -0.883. The molecule has 2 rings (SSSR count). The third-order valence-electron chi connectivity index (χ3n) is 3.74. The van der Waals surface area contributed by atoms with Gasteiger partial charge in [0.05, 0.1) is 5.92 Å². The third-order valence-corrected chi connectivity index (χ3v) is 3.74. The van der Waals surface area contributed by atoms with Crippen molar-refractivity contribution in [1.29, 1.82) is 0 Å². The van der Waals surface area contributed by atoms with E-state index in [4.69, 9.17) is 0 Å². The molecule has 114 valence electrons. The Kier molecular flexibility index (Phi) is 4.83. The van der Waals surface area contributed by atoms with Crippen molar-refractivity contribution in [3.8, 4) is 0 Å². The number of hydrogen-bond donors (Lipinski definition) is 2. The highest BCUT2D eigenvalue weighted by atomic mass is 16.4. The molecule has 0 aliphatic carbocycles. The number of fused-ring (bicyclic) bond motifs is 1. The number of urea groups is 1. The lowest BCUT2D eigenvalue weighted by Gasteiger charge is -2.33. The molecule has 1 aromatic rings. The smallest absolute Gasteiger partial charge is 0.321 e. The number of carboxylic acids is 1. The maximum atomic E-state index is 12.3. The fraction of sp³-hybridized carbons (Fsp3) is 0.500. The topological polar surface area (TPSA) is 69.6 Å². The van der Waals surface area contributed by atoms with Gasteiger partial charge in [-0.25, -0.2) is 4.79 Å². The summed E-state index contributed by atoms with van der Waals surface area (Å²) in [6.07, 6.45) is 1.38. The van der Waals surface area contributed by atoms with Gasteiger partial charge in [0.25, 0.3) is 0 Å². The van der Waals surface area contributed by atoms with Crippen LogP contribution in [0.25, 0.3) is 0 Å². The summed E-state index contributed by atoms with van der Waals surface area (Å²) < 4.78 is 0. The number of hydrogen-bond acceptors (Lipinski definition) is 2. The van der Waals surface area contributed by atoms with Crippen molar-refractivity contribution in [2.45, 2.75) is 26.7 Å². The van der Waals surface area contributed by atoms with E-state index in [1.54, 1.807) is 4.90 Å². The highest BCUT2D eigenvalue weighted by Crippen LogP contribution is 2.29. The first-order valence-electron chi connectivity index (χ1n) is 7.35. The number of aliphatic carboxylic acids is 1. The normalized spacial score (nSPS) is 17.5. The van der Waals surface area contributed by atoms with E-state index in [0.29, 0.717) is 18.9 Å². The number of rotatable bonds is 4. The van der Waals surface area contributed by atoms with E-state index < -0.39 is 11.9 Å². The van der Waals surface area contributed by atoms with Crippen LogP contribution in [0.1, 0.15) is 25.8 Å². The molecule has 0 bridgehead atoms. The van der Waals surface area contributed by atoms with Crippen LogP contribution in [0.5, 0.6) is 0 Å². The Morgan fingerprint density at radius 3 is 2.76 bits per heavy atom. The first-order chi connectivity index (χ1) is 9.99. The number of amides is 2. The molecule has 0 saturated carbocycles. The van der Waals surface area contributed by atoms with Crippen molar-refractivity contribution in [3.05, 3.63) is 29.8 Å². The molecular formula is C16H22N2O3. The third kappa shape index (κ3) is 3.74. The summed E-state index contributed by atoms with van der Waals surface area (Å²) in [6.45, 7) is 5.03. The van der Waals surface area contributed by atoms with Crippen LogP contribution in [0.3, 0.4) is 0 Å². The Bertz CT molecular complexity index is 528. The second kappa shape index (κ2) is 6.61. The molecule has 1 unspecified atom stereocenters. The van der Waals surface area contributed by atoms with Crippen molar-refractivity contribution in [3.63, 3.8) is 0 Å². The summed E-state index contributed by atoms with van der Waals surface area (Å²) in [5.41, 5.74) is 1.73. The summed E-state index contributed by atoms with van der Waals surface area (Å²) in [4.78, 5) is 25.2. The molecule has 0 spiro atoms. The minimum Gasteiger partial charge on any atom is -0.481 e. The quantitative estimate of drug-likeness (QED) is 0.895. The van der Waals surface area contributed by atoms with E-state index >= 15 is 0 Å². The molecular weight excluding hydrogens is 268 g/mol. The predicted molar refractivity (Wildman–Crippen MR) is 81.5 cm³/mol. The molecule has 5 heteroatoms. The second-order valence-corrected chi connectivity index (χ2v) is 5.89. The van der Waals surface area contributed by atoms with Crippen molar-refractivity contribution in [1.82, 2.24) is 5.32 Å². The van der Waals surface area contributed by atoms with E-state index in [1.165, 1.54) is 0 Å². The lowest BCUT2D eigenvalue weighted by Crippen LogP contribution is -2.47. The van der Waals surface area contributed by atoms with Crippen LogP contribution in [0, 0.1) is 11.8 Å². The maximum Gasteiger partial charge on any atom is 0.321 e. The first kappa shape index (κ1) is 15.4. The molecule has 1 heterocycles. The zero-order chi connectivity index (χ0) is 15.4. The minimum absolute atomic E-state index is 0.214. The maximum absolute atomic E-state index is 12.3. The molecule has 1 atom stereocenters. The molecule has 21 heavy (non-hydrogen) atoms. The fourth-order valence-electron chi connectivity index (χ4n) is 2.52. The van der Waals surface area contributed by atoms with Crippen LogP contribution in [-0.4, -0.2) is 30.2 Å². The number of nitrogens with one attached hydrogen (secondary N) is 1. The fourth-order valence-corrected chi connectivity index (χ4v) is 2.52. The van der Waals surface area contributed by atoms with Gasteiger partial charge in [-0.15, -0.1) is 0 Å². The number of anilines is 1. The van der Waals surface area contributed by atoms with Gasteiger partial charge in [-0.3, -0.25) is 9.69 Å². The highest BCUT2D eigenvalue weighted by molar-refractivity contribution is 5.94. The van der Waals surface area contributed by atoms with Gasteiger partial charge in [-0.1, -0.05) is 32.0 Å². The molecule has 2 N–H and O–H groups in total. The second-order valence-electron chi connectivity index (χ2n) is 5.89. The van der Waals surface area contributed by atoms with Gasteiger partial charge in [-0.05, 0) is 30.4 Å². The Morgan fingerprint density at radius 1 is 1.38 bits per heavy atom. The average molecular weight is 290 g/mol. The van der Waals surface area contributed by atoms with Crippen LogP contribution in [-0.2, 0) is 11.2 Å². The lowest BCUT2D eigenvalue weighted by molar-refractivity contribution is -0.141. The largest absolute Gasteiger partial charge is 0.481 e. The molecule has 0 saturated heterocycles. The van der Waals surface area contributed by atoms with Gasteiger partial charge in [0.15, 0.2) is 0 Å². The first-order valence-corrected chi connectivity index (χ1v) is 7.35. The number of carboxylic acid groups (broad SMARTS) is 1. The number of para-hydroxylation sites is 1. The van der Waals surface area contributed by atoms with Crippen molar-refractivity contribution >= 4 is 17.7 Å². The number of carbonyl (C=O) groups excluding carboxylic acids is 1. The molecule has 1 aromatic carbocycles. The van der Waals surface area contributed by atoms with Gasteiger partial charge in [0.1, 0.15) is 0 Å². The summed E-state index contributed by atoms with van der Waals surface area (Å²) >= 11 is 0. The molecule has 0 radical (unpaired) electrons. The van der Waals surface area contributed by atoms with Crippen LogP contribution < -0.4 is 10.2 Å². The van der Waals surface area contributed by atoms with E-state index in [-0.39, 0.29) is 12.6 Å². The van der Waals surface area contributed by atoms with E-state index in [1.807, 2.05) is 24.3 Å². The zero-order valence-electron chi connectivity index (χ0n) is 12.5. The number of carbonyl (C=O) groups is 2. The van der Waals surface area contributed by atoms with Gasteiger partial charge >= 0.3 is 12.0 Å². The van der Waals surface area contributed by atoms with Crippen molar-refractivity contribution in [2.75, 3.05) is 18.0 Å². The Labute approximate surface area is 125 Å². The Hall–Kier alpha value is -2.04. The Morgan fingerprint density at radius 2 is 2.10 bits per heavy atom. The Balaban J connectivity index is 2.13. The van der Waals surface area contributed by atoms with E-state index in [0.717, 1.165) is 17.7 Å². The van der Waals surface area contributed by atoms with Crippen LogP contribution in [0.2, 0.25) is 0 Å². The molecule has 5 nitrogen and oxygen atoms in total. The van der Waals surface area contributed by atoms with E-state index in [2.05, 4.69) is 19.2 Å². The summed E-state index contributed by atoms with van der Waals surface area (Å²) in [7, 11) is 0. The predicted octanol–water partition coefficient (Wildman–Crippen LogP) is 2.51.